The highest BCUT2D eigenvalue weighted by Gasteiger charge is 2.65. The third kappa shape index (κ3) is 4.27. The maximum atomic E-state index is 6.12. The summed E-state index contributed by atoms with van der Waals surface area (Å²) < 4.78 is 6.12. The summed E-state index contributed by atoms with van der Waals surface area (Å²) in [7, 11) is 1.92. The minimum absolute atomic E-state index is 0. The Labute approximate surface area is 182 Å². The molecule has 4 fully saturated rings. The van der Waals surface area contributed by atoms with Crippen molar-refractivity contribution in [1.29, 1.82) is 0 Å². The van der Waals surface area contributed by atoms with Crippen molar-refractivity contribution in [3.63, 3.8) is 0 Å². The summed E-state index contributed by atoms with van der Waals surface area (Å²) in [6, 6.07) is 1.13. The van der Waals surface area contributed by atoms with Crippen molar-refractivity contribution in [2.45, 2.75) is 82.9 Å². The summed E-state index contributed by atoms with van der Waals surface area (Å²) in [4.78, 5) is 7.20. The van der Waals surface area contributed by atoms with Gasteiger partial charge in [0.05, 0.1) is 6.10 Å². The molecule has 4 rings (SSSR count). The van der Waals surface area contributed by atoms with Crippen molar-refractivity contribution in [2.75, 3.05) is 33.3 Å². The molecule has 0 aromatic rings. The number of nitrogens with one attached hydrogen (secondary N) is 2. The second kappa shape index (κ2) is 9.61. The van der Waals surface area contributed by atoms with E-state index < -0.39 is 0 Å². The number of hydrogen-bond donors (Lipinski definition) is 2. The van der Waals surface area contributed by atoms with Crippen LogP contribution in [0.15, 0.2) is 4.99 Å². The van der Waals surface area contributed by atoms with E-state index in [1.165, 1.54) is 77.4 Å². The molecule has 0 aromatic carbocycles. The van der Waals surface area contributed by atoms with Crippen LogP contribution in [-0.4, -0.2) is 62.3 Å². The molecule has 2 aliphatic heterocycles. The van der Waals surface area contributed by atoms with E-state index >= 15 is 0 Å². The van der Waals surface area contributed by atoms with E-state index in [4.69, 9.17) is 4.74 Å². The van der Waals surface area contributed by atoms with Crippen LogP contribution in [0, 0.1) is 11.3 Å². The Balaban J connectivity index is 0.00000210. The SMILES string of the molecule is CCCCN1CCC(NC(=NC)NC2C3CCOC3C23CCCC3)CC1.I. The van der Waals surface area contributed by atoms with Gasteiger partial charge in [-0.2, -0.15) is 0 Å². The van der Waals surface area contributed by atoms with Crippen molar-refractivity contribution in [2.24, 2.45) is 16.3 Å². The van der Waals surface area contributed by atoms with Crippen LogP contribution in [0.4, 0.5) is 0 Å². The smallest absolute Gasteiger partial charge is 0.191 e. The van der Waals surface area contributed by atoms with Gasteiger partial charge in [-0.05, 0) is 45.1 Å². The minimum Gasteiger partial charge on any atom is -0.377 e. The largest absolute Gasteiger partial charge is 0.377 e. The predicted octanol–water partition coefficient (Wildman–Crippen LogP) is 3.38. The highest BCUT2D eigenvalue weighted by Crippen LogP contribution is 2.60. The van der Waals surface area contributed by atoms with Gasteiger partial charge in [0, 0.05) is 50.2 Å². The van der Waals surface area contributed by atoms with Crippen LogP contribution in [0.5, 0.6) is 0 Å². The molecule has 2 aliphatic carbocycles. The lowest BCUT2D eigenvalue weighted by Gasteiger charge is -2.57. The molecule has 2 saturated heterocycles. The highest BCUT2D eigenvalue weighted by molar-refractivity contribution is 14.0. The van der Waals surface area contributed by atoms with E-state index in [9.17, 15) is 0 Å². The predicted molar refractivity (Wildman–Crippen MR) is 122 cm³/mol. The molecule has 2 heterocycles. The molecule has 4 aliphatic rings. The standard InChI is InChI=1S/C21H38N4O.HI/c1-3-4-12-25-13-7-16(8-14-25)23-20(22-2)24-18-17-9-15-26-19(17)21(18)10-5-6-11-21;/h16-19H,3-15H2,1-2H3,(H2,22,23,24);1H. The Hall–Kier alpha value is -0.0800. The summed E-state index contributed by atoms with van der Waals surface area (Å²) in [5, 5.41) is 7.58. The molecule has 5 nitrogen and oxygen atoms in total. The van der Waals surface area contributed by atoms with Crippen LogP contribution in [0.3, 0.4) is 0 Å². The molecule has 3 atom stereocenters. The van der Waals surface area contributed by atoms with Crippen LogP contribution in [0.1, 0.15) is 64.7 Å². The zero-order chi connectivity index (χ0) is 18.0. The number of ether oxygens (including phenoxy) is 1. The van der Waals surface area contributed by atoms with Gasteiger partial charge in [-0.15, -0.1) is 24.0 Å². The van der Waals surface area contributed by atoms with Gasteiger partial charge >= 0.3 is 0 Å². The fraction of sp³-hybridized carbons (Fsp3) is 0.952. The minimum atomic E-state index is 0. The van der Waals surface area contributed by atoms with E-state index in [1.54, 1.807) is 0 Å². The van der Waals surface area contributed by atoms with E-state index in [-0.39, 0.29) is 24.0 Å². The number of fused-ring (bicyclic) bond motifs is 2. The van der Waals surface area contributed by atoms with Crippen molar-refractivity contribution in [1.82, 2.24) is 15.5 Å². The van der Waals surface area contributed by atoms with Crippen molar-refractivity contribution < 1.29 is 4.74 Å². The number of aliphatic imine (C=N–C) groups is 1. The molecule has 156 valence electrons. The Morgan fingerprint density at radius 1 is 1.15 bits per heavy atom. The average molecular weight is 490 g/mol. The Morgan fingerprint density at radius 2 is 1.89 bits per heavy atom. The zero-order valence-electron chi connectivity index (χ0n) is 17.2. The summed E-state index contributed by atoms with van der Waals surface area (Å²) >= 11 is 0. The number of halogens is 1. The fourth-order valence-corrected chi connectivity index (χ4v) is 6.10. The molecule has 1 spiro atoms. The maximum Gasteiger partial charge on any atom is 0.191 e. The lowest BCUT2D eigenvalue weighted by Crippen LogP contribution is -2.69. The van der Waals surface area contributed by atoms with Gasteiger partial charge in [-0.3, -0.25) is 4.99 Å². The van der Waals surface area contributed by atoms with Crippen LogP contribution < -0.4 is 10.6 Å². The Bertz CT molecular complexity index is 500. The van der Waals surface area contributed by atoms with Gasteiger partial charge in [0.25, 0.3) is 0 Å². The first-order valence-electron chi connectivity index (χ1n) is 11.1. The molecular weight excluding hydrogens is 451 g/mol. The number of guanidine groups is 1. The molecular formula is C21H39IN4O. The summed E-state index contributed by atoms with van der Waals surface area (Å²) in [5.74, 6) is 1.72. The third-order valence-corrected chi connectivity index (χ3v) is 7.56. The van der Waals surface area contributed by atoms with E-state index in [1.807, 2.05) is 7.05 Å². The number of piperidine rings is 1. The average Bonchev–Trinajstić information content (AvgIpc) is 3.33. The highest BCUT2D eigenvalue weighted by atomic mass is 127. The van der Waals surface area contributed by atoms with Gasteiger partial charge in [-0.25, -0.2) is 0 Å². The number of unbranched alkanes of at least 4 members (excludes halogenated alkanes) is 1. The number of rotatable bonds is 5. The molecule has 0 aromatic heterocycles. The molecule has 0 amide bonds. The van der Waals surface area contributed by atoms with E-state index in [0.717, 1.165) is 12.6 Å². The normalized spacial score (nSPS) is 33.4. The Morgan fingerprint density at radius 3 is 2.56 bits per heavy atom. The van der Waals surface area contributed by atoms with Crippen molar-refractivity contribution in [3.05, 3.63) is 0 Å². The second-order valence-corrected chi connectivity index (χ2v) is 8.99. The van der Waals surface area contributed by atoms with Gasteiger partial charge in [0.2, 0.25) is 0 Å². The van der Waals surface area contributed by atoms with Crippen LogP contribution in [0.25, 0.3) is 0 Å². The summed E-state index contributed by atoms with van der Waals surface area (Å²) in [5.41, 5.74) is 0.391. The summed E-state index contributed by atoms with van der Waals surface area (Å²) in [6.45, 7) is 6.95. The lowest BCUT2D eigenvalue weighted by molar-refractivity contribution is -0.125. The molecule has 27 heavy (non-hydrogen) atoms. The topological polar surface area (TPSA) is 48.9 Å². The molecule has 2 saturated carbocycles. The number of nitrogens with zero attached hydrogens (tertiary/aromatic N) is 2. The fourth-order valence-electron chi connectivity index (χ4n) is 6.10. The molecule has 6 heteroatoms. The molecule has 0 bridgehead atoms. The molecule has 0 radical (unpaired) electrons. The summed E-state index contributed by atoms with van der Waals surface area (Å²) in [6.07, 6.45) is 12.2. The first-order valence-corrected chi connectivity index (χ1v) is 11.1. The van der Waals surface area contributed by atoms with Gasteiger partial charge < -0.3 is 20.3 Å². The molecule has 2 N–H and O–H groups in total. The molecule has 3 unspecified atom stereocenters. The van der Waals surface area contributed by atoms with Crippen molar-refractivity contribution >= 4 is 29.9 Å². The zero-order valence-corrected chi connectivity index (χ0v) is 19.5. The van der Waals surface area contributed by atoms with Crippen LogP contribution >= 0.6 is 24.0 Å². The lowest BCUT2D eigenvalue weighted by atomic mass is 9.54. The van der Waals surface area contributed by atoms with Crippen LogP contribution in [-0.2, 0) is 4.74 Å². The van der Waals surface area contributed by atoms with E-state index in [0.29, 0.717) is 29.5 Å². The second-order valence-electron chi connectivity index (χ2n) is 8.99. The van der Waals surface area contributed by atoms with Gasteiger partial charge in [0.15, 0.2) is 5.96 Å². The maximum absolute atomic E-state index is 6.12. The first-order chi connectivity index (χ1) is 12.8. The van der Waals surface area contributed by atoms with Gasteiger partial charge in [0.1, 0.15) is 0 Å². The Kier molecular flexibility index (Phi) is 7.70. The first kappa shape index (κ1) is 21.6. The van der Waals surface area contributed by atoms with Crippen LogP contribution in [0.2, 0.25) is 0 Å². The number of hydrogen-bond acceptors (Lipinski definition) is 3. The van der Waals surface area contributed by atoms with E-state index in [2.05, 4.69) is 27.4 Å². The monoisotopic (exact) mass is 490 g/mol. The van der Waals surface area contributed by atoms with Gasteiger partial charge in [-0.1, -0.05) is 26.2 Å². The third-order valence-electron chi connectivity index (χ3n) is 7.56. The quantitative estimate of drug-likeness (QED) is 0.353. The van der Waals surface area contributed by atoms with Crippen molar-refractivity contribution in [3.8, 4) is 0 Å². The number of likely N-dealkylation sites (tertiary alicyclic amines) is 1.